The first kappa shape index (κ1) is 21.0. The van der Waals surface area contributed by atoms with Crippen molar-refractivity contribution in [1.29, 1.82) is 0 Å². The van der Waals surface area contributed by atoms with Gasteiger partial charge in [0.25, 0.3) is 5.56 Å². The van der Waals surface area contributed by atoms with Crippen LogP contribution in [0.2, 0.25) is 10.0 Å². The highest BCUT2D eigenvalue weighted by molar-refractivity contribution is 6.33. The van der Waals surface area contributed by atoms with E-state index < -0.39 is 11.4 Å². The van der Waals surface area contributed by atoms with Gasteiger partial charge in [0.15, 0.2) is 0 Å². The number of benzene rings is 2. The number of aromatic nitrogens is 2. The predicted molar refractivity (Wildman–Crippen MR) is 112 cm³/mol. The van der Waals surface area contributed by atoms with Gasteiger partial charge >= 0.3 is 0 Å². The maximum atomic E-state index is 13.3. The first-order chi connectivity index (χ1) is 13.7. The van der Waals surface area contributed by atoms with E-state index in [0.717, 1.165) is 11.6 Å². The second-order valence-electron chi connectivity index (χ2n) is 6.79. The van der Waals surface area contributed by atoms with E-state index in [1.165, 1.54) is 18.2 Å². The largest absolute Gasteiger partial charge is 0.352 e. The lowest BCUT2D eigenvalue weighted by atomic mass is 10.1. The Hall–Kier alpha value is -2.70. The van der Waals surface area contributed by atoms with Crippen LogP contribution in [0, 0.1) is 11.7 Å². The predicted octanol–water partition coefficient (Wildman–Crippen LogP) is 4.82. The Labute approximate surface area is 176 Å². The summed E-state index contributed by atoms with van der Waals surface area (Å²) in [6.45, 7) is 3.93. The van der Waals surface area contributed by atoms with Crippen molar-refractivity contribution in [3.63, 3.8) is 0 Å². The monoisotopic (exact) mass is 433 g/mol. The number of hydrogen-bond donors (Lipinski definition) is 2. The molecule has 0 spiro atoms. The Morgan fingerprint density at radius 3 is 2.55 bits per heavy atom. The molecule has 8 heteroatoms. The van der Waals surface area contributed by atoms with Gasteiger partial charge in [0.2, 0.25) is 5.91 Å². The van der Waals surface area contributed by atoms with Crippen LogP contribution in [0.25, 0.3) is 22.6 Å². The van der Waals surface area contributed by atoms with E-state index in [4.69, 9.17) is 23.2 Å². The number of halogens is 3. The van der Waals surface area contributed by atoms with E-state index in [-0.39, 0.29) is 22.7 Å². The third-order valence-electron chi connectivity index (χ3n) is 4.23. The fourth-order valence-electron chi connectivity index (χ4n) is 2.68. The van der Waals surface area contributed by atoms with Crippen LogP contribution in [0.5, 0.6) is 0 Å². The van der Waals surface area contributed by atoms with Crippen molar-refractivity contribution in [2.24, 2.45) is 5.92 Å². The normalized spacial score (nSPS) is 11.0. The van der Waals surface area contributed by atoms with Gasteiger partial charge in [-0.25, -0.2) is 9.37 Å². The number of nitrogens with zero attached hydrogens (tertiary/aromatic N) is 1. The van der Waals surface area contributed by atoms with Crippen LogP contribution < -0.4 is 10.9 Å². The Bertz CT molecular complexity index is 1130. The molecular weight excluding hydrogens is 416 g/mol. The molecular formula is C21H18Cl2FN3O2. The van der Waals surface area contributed by atoms with E-state index in [1.54, 1.807) is 18.2 Å². The number of aromatic amines is 1. The average molecular weight is 434 g/mol. The van der Waals surface area contributed by atoms with Crippen LogP contribution in [0.15, 0.2) is 47.3 Å². The van der Waals surface area contributed by atoms with Gasteiger partial charge in [0, 0.05) is 29.7 Å². The van der Waals surface area contributed by atoms with Crippen molar-refractivity contribution in [3.05, 3.63) is 74.2 Å². The summed E-state index contributed by atoms with van der Waals surface area (Å²) < 4.78 is 13.3. The van der Waals surface area contributed by atoms with E-state index in [1.807, 2.05) is 13.8 Å². The first-order valence-electron chi connectivity index (χ1n) is 8.88. The zero-order chi connectivity index (χ0) is 21.1. The van der Waals surface area contributed by atoms with Crippen LogP contribution in [0.3, 0.4) is 0 Å². The Balaban J connectivity index is 2.00. The lowest BCUT2D eigenvalue weighted by Crippen LogP contribution is -2.27. The molecule has 0 unspecified atom stereocenters. The summed E-state index contributed by atoms with van der Waals surface area (Å²) in [7, 11) is 0. The molecule has 1 amide bonds. The molecule has 2 aromatic carbocycles. The van der Waals surface area contributed by atoms with Crippen LogP contribution in [-0.4, -0.2) is 15.9 Å². The molecule has 3 rings (SSSR count). The minimum absolute atomic E-state index is 0.0685. The second-order valence-corrected chi connectivity index (χ2v) is 7.60. The van der Waals surface area contributed by atoms with Gasteiger partial charge in [0.05, 0.1) is 15.7 Å². The second kappa shape index (κ2) is 8.76. The molecule has 1 aromatic heterocycles. The SMILES string of the molecule is CC(C)C(=O)NCc1ccc(Cl)c(-c2nc(-c3ccc(F)cc3Cl)cc(=O)[nH]2)c1. The number of carbonyl (C=O) groups excluding carboxylic acids is 1. The highest BCUT2D eigenvalue weighted by atomic mass is 35.5. The number of nitrogens with one attached hydrogen (secondary N) is 2. The van der Waals surface area contributed by atoms with E-state index in [9.17, 15) is 14.0 Å². The maximum Gasteiger partial charge on any atom is 0.251 e. The number of hydrogen-bond acceptors (Lipinski definition) is 3. The summed E-state index contributed by atoms with van der Waals surface area (Å²) in [5.41, 5.74) is 1.62. The van der Waals surface area contributed by atoms with Crippen molar-refractivity contribution in [1.82, 2.24) is 15.3 Å². The minimum Gasteiger partial charge on any atom is -0.352 e. The fraction of sp³-hybridized carbons (Fsp3) is 0.190. The van der Waals surface area contributed by atoms with Gasteiger partial charge in [-0.2, -0.15) is 0 Å². The summed E-state index contributed by atoms with van der Waals surface area (Å²) in [5, 5.41) is 3.36. The van der Waals surface area contributed by atoms with E-state index >= 15 is 0 Å². The smallest absolute Gasteiger partial charge is 0.251 e. The molecule has 0 aliphatic carbocycles. The van der Waals surface area contributed by atoms with Crippen molar-refractivity contribution in [2.75, 3.05) is 0 Å². The minimum atomic E-state index is -0.483. The van der Waals surface area contributed by atoms with Gasteiger partial charge in [-0.15, -0.1) is 0 Å². The van der Waals surface area contributed by atoms with Gasteiger partial charge in [-0.1, -0.05) is 43.1 Å². The number of carbonyl (C=O) groups is 1. The summed E-state index contributed by atoms with van der Waals surface area (Å²) >= 11 is 12.4. The Kier molecular flexibility index (Phi) is 6.35. The molecule has 150 valence electrons. The molecule has 1 heterocycles. The summed E-state index contributed by atoms with van der Waals surface area (Å²) in [6.07, 6.45) is 0. The van der Waals surface area contributed by atoms with Crippen molar-refractivity contribution in [3.8, 4) is 22.6 Å². The van der Waals surface area contributed by atoms with Crippen LogP contribution in [0.4, 0.5) is 4.39 Å². The van der Waals surface area contributed by atoms with Crippen LogP contribution >= 0.6 is 23.2 Å². The summed E-state index contributed by atoms with van der Waals surface area (Å²) in [4.78, 5) is 31.1. The average Bonchev–Trinajstić information content (AvgIpc) is 2.66. The maximum absolute atomic E-state index is 13.3. The third kappa shape index (κ3) is 5.02. The number of rotatable bonds is 5. The van der Waals surface area contributed by atoms with Gasteiger partial charge in [-0.3, -0.25) is 9.59 Å². The lowest BCUT2D eigenvalue weighted by molar-refractivity contribution is -0.124. The highest BCUT2D eigenvalue weighted by Crippen LogP contribution is 2.30. The molecule has 0 saturated heterocycles. The van der Waals surface area contributed by atoms with Gasteiger partial charge < -0.3 is 10.3 Å². The van der Waals surface area contributed by atoms with E-state index in [2.05, 4.69) is 15.3 Å². The summed E-state index contributed by atoms with van der Waals surface area (Å²) in [5.74, 6) is -0.434. The van der Waals surface area contributed by atoms with Crippen LogP contribution in [0.1, 0.15) is 19.4 Å². The molecule has 0 fully saturated rings. The van der Waals surface area contributed by atoms with Crippen molar-refractivity contribution < 1.29 is 9.18 Å². The summed E-state index contributed by atoms with van der Waals surface area (Å²) in [6, 6.07) is 10.3. The standard InChI is InChI=1S/C21H18Cl2FN3O2/c1-11(2)21(29)25-10-12-3-6-16(22)15(7-12)20-26-18(9-19(28)27-20)14-5-4-13(24)8-17(14)23/h3-9,11H,10H2,1-2H3,(H,25,29)(H,26,27,28). The topological polar surface area (TPSA) is 74.8 Å². The molecule has 5 nitrogen and oxygen atoms in total. The molecule has 0 aliphatic heterocycles. The third-order valence-corrected chi connectivity index (χ3v) is 4.87. The van der Waals surface area contributed by atoms with Crippen molar-refractivity contribution in [2.45, 2.75) is 20.4 Å². The number of H-pyrrole nitrogens is 1. The van der Waals surface area contributed by atoms with Crippen molar-refractivity contribution >= 4 is 29.1 Å². The zero-order valence-corrected chi connectivity index (χ0v) is 17.2. The zero-order valence-electron chi connectivity index (χ0n) is 15.7. The van der Waals surface area contributed by atoms with Gasteiger partial charge in [0.1, 0.15) is 11.6 Å². The van der Waals surface area contributed by atoms with Crippen LogP contribution in [-0.2, 0) is 11.3 Å². The first-order valence-corrected chi connectivity index (χ1v) is 9.63. The lowest BCUT2D eigenvalue weighted by Gasteiger charge is -2.11. The molecule has 0 bridgehead atoms. The molecule has 0 atom stereocenters. The molecule has 29 heavy (non-hydrogen) atoms. The van der Waals surface area contributed by atoms with Gasteiger partial charge in [-0.05, 0) is 35.9 Å². The molecule has 0 saturated carbocycles. The molecule has 2 N–H and O–H groups in total. The Morgan fingerprint density at radius 2 is 1.86 bits per heavy atom. The molecule has 0 radical (unpaired) electrons. The van der Waals surface area contributed by atoms with E-state index in [0.29, 0.717) is 28.4 Å². The number of amides is 1. The Morgan fingerprint density at radius 1 is 1.10 bits per heavy atom. The molecule has 3 aromatic rings. The highest BCUT2D eigenvalue weighted by Gasteiger charge is 2.13. The quantitative estimate of drug-likeness (QED) is 0.605. The molecule has 0 aliphatic rings. The fourth-order valence-corrected chi connectivity index (χ4v) is 3.15.